The molecule has 0 unspecified atom stereocenters. The highest BCUT2D eigenvalue weighted by Gasteiger charge is 2.27. The van der Waals surface area contributed by atoms with Crippen LogP contribution in [0, 0.1) is 6.92 Å². The maximum absolute atomic E-state index is 12.1. The Morgan fingerprint density at radius 2 is 2.18 bits per heavy atom. The first kappa shape index (κ1) is 15.1. The van der Waals surface area contributed by atoms with E-state index in [1.165, 1.54) is 11.3 Å². The van der Waals surface area contributed by atoms with Crippen LogP contribution in [-0.2, 0) is 5.60 Å². The standard InChI is InChI=1S/C15H15N3O2S2/c1-9-13(22-18-17-9)14(19)16-8-15(2,20)12-7-10-5-3-4-6-11(10)21-12/h3-7,20H,8H2,1-2H3,(H,16,19)/t15-/m1/s1. The zero-order valence-electron chi connectivity index (χ0n) is 12.2. The Labute approximate surface area is 135 Å². The molecule has 2 heterocycles. The number of nitrogens with one attached hydrogen (secondary N) is 1. The van der Waals surface area contributed by atoms with Gasteiger partial charge in [-0.1, -0.05) is 22.7 Å². The third-order valence-corrected chi connectivity index (χ3v) is 5.60. The molecule has 0 fully saturated rings. The molecule has 0 aliphatic carbocycles. The fourth-order valence-corrected chi connectivity index (χ4v) is 3.79. The maximum Gasteiger partial charge on any atom is 0.265 e. The second-order valence-corrected chi connectivity index (χ2v) is 7.13. The summed E-state index contributed by atoms with van der Waals surface area (Å²) in [5.41, 5.74) is -0.519. The van der Waals surface area contributed by atoms with Gasteiger partial charge in [-0.25, -0.2) is 0 Å². The largest absolute Gasteiger partial charge is 0.383 e. The molecule has 114 valence electrons. The van der Waals surface area contributed by atoms with Crippen molar-refractivity contribution < 1.29 is 9.90 Å². The van der Waals surface area contributed by atoms with Crippen LogP contribution in [0.5, 0.6) is 0 Å². The van der Waals surface area contributed by atoms with Gasteiger partial charge >= 0.3 is 0 Å². The van der Waals surface area contributed by atoms with Crippen LogP contribution >= 0.6 is 22.9 Å². The summed E-state index contributed by atoms with van der Waals surface area (Å²) >= 11 is 2.59. The number of carbonyl (C=O) groups is 1. The van der Waals surface area contributed by atoms with Crippen LogP contribution in [0.1, 0.15) is 27.2 Å². The summed E-state index contributed by atoms with van der Waals surface area (Å²) in [4.78, 5) is 13.4. The highest BCUT2D eigenvalue weighted by Crippen LogP contribution is 2.32. The number of rotatable bonds is 4. The average Bonchev–Trinajstić information content (AvgIpc) is 3.11. The first-order valence-electron chi connectivity index (χ1n) is 6.76. The number of carbonyl (C=O) groups excluding carboxylic acids is 1. The van der Waals surface area contributed by atoms with Crippen molar-refractivity contribution in [2.45, 2.75) is 19.4 Å². The lowest BCUT2D eigenvalue weighted by Gasteiger charge is -2.22. The van der Waals surface area contributed by atoms with Gasteiger partial charge in [-0.15, -0.1) is 16.4 Å². The van der Waals surface area contributed by atoms with Crippen LogP contribution in [0.2, 0.25) is 0 Å². The Bertz CT molecular complexity index is 790. The van der Waals surface area contributed by atoms with Crippen molar-refractivity contribution in [3.05, 3.63) is 45.8 Å². The van der Waals surface area contributed by atoms with E-state index in [4.69, 9.17) is 0 Å². The molecule has 0 saturated carbocycles. The zero-order chi connectivity index (χ0) is 15.7. The van der Waals surface area contributed by atoms with E-state index in [0.29, 0.717) is 10.6 Å². The van der Waals surface area contributed by atoms with Crippen LogP contribution in [0.25, 0.3) is 10.1 Å². The molecular weight excluding hydrogens is 318 g/mol. The van der Waals surface area contributed by atoms with Crippen LogP contribution in [0.15, 0.2) is 30.3 Å². The number of hydrogen-bond acceptors (Lipinski definition) is 6. The molecule has 0 spiro atoms. The molecule has 1 aromatic carbocycles. The summed E-state index contributed by atoms with van der Waals surface area (Å²) in [6, 6.07) is 9.93. The van der Waals surface area contributed by atoms with Crippen LogP contribution < -0.4 is 5.32 Å². The molecule has 2 N–H and O–H groups in total. The van der Waals surface area contributed by atoms with Gasteiger partial charge in [0.05, 0.1) is 12.2 Å². The number of thiophene rings is 1. The van der Waals surface area contributed by atoms with E-state index in [1.54, 1.807) is 13.8 Å². The summed E-state index contributed by atoms with van der Waals surface area (Å²) in [5, 5.41) is 18.3. The van der Waals surface area contributed by atoms with Gasteiger partial charge in [0, 0.05) is 9.58 Å². The van der Waals surface area contributed by atoms with E-state index >= 15 is 0 Å². The number of fused-ring (bicyclic) bond motifs is 1. The Balaban J connectivity index is 1.75. The van der Waals surface area contributed by atoms with Gasteiger partial charge in [-0.3, -0.25) is 4.79 Å². The van der Waals surface area contributed by atoms with Crippen molar-refractivity contribution in [2.24, 2.45) is 0 Å². The fraction of sp³-hybridized carbons (Fsp3) is 0.267. The minimum Gasteiger partial charge on any atom is -0.383 e. The number of aliphatic hydroxyl groups is 1. The van der Waals surface area contributed by atoms with Gasteiger partial charge < -0.3 is 10.4 Å². The Morgan fingerprint density at radius 3 is 2.86 bits per heavy atom. The van der Waals surface area contributed by atoms with E-state index < -0.39 is 5.60 Å². The average molecular weight is 333 g/mol. The lowest BCUT2D eigenvalue weighted by atomic mass is 10.0. The Kier molecular flexibility index (Phi) is 3.94. The highest BCUT2D eigenvalue weighted by atomic mass is 32.1. The lowest BCUT2D eigenvalue weighted by Crippen LogP contribution is -2.38. The van der Waals surface area contributed by atoms with Crippen molar-refractivity contribution in [3.8, 4) is 0 Å². The first-order chi connectivity index (χ1) is 10.5. The minimum atomic E-state index is -1.12. The molecule has 0 bridgehead atoms. The molecule has 0 aliphatic rings. The molecule has 0 aliphatic heterocycles. The normalized spacial score (nSPS) is 14.0. The van der Waals surface area contributed by atoms with Crippen LogP contribution in [0.4, 0.5) is 0 Å². The Morgan fingerprint density at radius 1 is 1.41 bits per heavy atom. The van der Waals surface area contributed by atoms with Crippen molar-refractivity contribution in [2.75, 3.05) is 6.54 Å². The topological polar surface area (TPSA) is 75.1 Å². The molecule has 0 radical (unpaired) electrons. The van der Waals surface area contributed by atoms with Crippen molar-refractivity contribution in [3.63, 3.8) is 0 Å². The van der Waals surface area contributed by atoms with Gasteiger partial charge in [-0.2, -0.15) is 0 Å². The molecule has 1 atom stereocenters. The molecule has 7 heteroatoms. The van der Waals surface area contributed by atoms with Crippen LogP contribution in [0.3, 0.4) is 0 Å². The molecule has 22 heavy (non-hydrogen) atoms. The second-order valence-electron chi connectivity index (χ2n) is 5.29. The third kappa shape index (κ3) is 2.87. The maximum atomic E-state index is 12.1. The summed E-state index contributed by atoms with van der Waals surface area (Å²) < 4.78 is 4.86. The van der Waals surface area contributed by atoms with E-state index in [1.807, 2.05) is 30.3 Å². The summed E-state index contributed by atoms with van der Waals surface area (Å²) in [6.07, 6.45) is 0. The zero-order valence-corrected chi connectivity index (χ0v) is 13.8. The fourth-order valence-electron chi connectivity index (χ4n) is 2.11. The van der Waals surface area contributed by atoms with E-state index in [2.05, 4.69) is 14.9 Å². The second kappa shape index (κ2) is 5.75. The summed E-state index contributed by atoms with van der Waals surface area (Å²) in [6.45, 7) is 3.58. The number of aromatic nitrogens is 2. The van der Waals surface area contributed by atoms with Gasteiger partial charge in [-0.05, 0) is 42.9 Å². The number of aryl methyl sites for hydroxylation is 1. The number of benzene rings is 1. The first-order valence-corrected chi connectivity index (χ1v) is 8.35. The molecule has 3 aromatic rings. The smallest absolute Gasteiger partial charge is 0.265 e. The molecule has 3 rings (SSSR count). The molecule has 1 amide bonds. The van der Waals surface area contributed by atoms with Crippen LogP contribution in [-0.4, -0.2) is 27.1 Å². The summed E-state index contributed by atoms with van der Waals surface area (Å²) in [5.74, 6) is -0.256. The number of hydrogen-bond donors (Lipinski definition) is 2. The molecule has 2 aromatic heterocycles. The van der Waals surface area contributed by atoms with Gasteiger partial charge in [0.25, 0.3) is 5.91 Å². The molecule has 5 nitrogen and oxygen atoms in total. The van der Waals surface area contributed by atoms with Gasteiger partial charge in [0.1, 0.15) is 10.5 Å². The van der Waals surface area contributed by atoms with Crippen molar-refractivity contribution >= 4 is 38.9 Å². The SMILES string of the molecule is Cc1nnsc1C(=O)NC[C@@](C)(O)c1cc2ccccc2s1. The van der Waals surface area contributed by atoms with Crippen molar-refractivity contribution in [1.82, 2.24) is 14.9 Å². The number of amides is 1. The third-order valence-electron chi connectivity index (χ3n) is 3.41. The summed E-state index contributed by atoms with van der Waals surface area (Å²) in [7, 11) is 0. The van der Waals surface area contributed by atoms with E-state index in [9.17, 15) is 9.90 Å². The lowest BCUT2D eigenvalue weighted by molar-refractivity contribution is 0.0558. The Hall–Kier alpha value is -1.83. The highest BCUT2D eigenvalue weighted by molar-refractivity contribution is 7.19. The molecular formula is C15H15N3O2S2. The minimum absolute atomic E-state index is 0.135. The molecule has 0 saturated heterocycles. The van der Waals surface area contributed by atoms with E-state index in [0.717, 1.165) is 26.5 Å². The monoisotopic (exact) mass is 333 g/mol. The predicted octanol–water partition coefficient (Wildman–Crippen LogP) is 2.70. The number of nitrogens with zero attached hydrogens (tertiary/aromatic N) is 2. The van der Waals surface area contributed by atoms with E-state index in [-0.39, 0.29) is 12.5 Å². The van der Waals surface area contributed by atoms with Crippen molar-refractivity contribution in [1.29, 1.82) is 0 Å². The van der Waals surface area contributed by atoms with Gasteiger partial charge in [0.2, 0.25) is 0 Å². The predicted molar refractivity (Wildman–Crippen MR) is 88.4 cm³/mol. The quantitative estimate of drug-likeness (QED) is 0.770. The van der Waals surface area contributed by atoms with Gasteiger partial charge in [0.15, 0.2) is 0 Å².